The van der Waals surface area contributed by atoms with Gasteiger partial charge in [0.1, 0.15) is 0 Å². The van der Waals surface area contributed by atoms with Crippen LogP contribution in [-0.2, 0) is 6.54 Å². The van der Waals surface area contributed by atoms with Crippen molar-refractivity contribution in [1.82, 2.24) is 4.57 Å². The second-order valence-electron chi connectivity index (χ2n) is 8.33. The molecule has 0 aliphatic carbocycles. The smallest absolute Gasteiger partial charge is 0.0488 e. The second kappa shape index (κ2) is 9.35. The fraction of sp³-hybridized carbons (Fsp3) is 0.407. The van der Waals surface area contributed by atoms with E-state index in [1.807, 2.05) is 6.07 Å². The molecule has 0 atom stereocenters. The zero-order valence-electron chi connectivity index (χ0n) is 18.6. The van der Waals surface area contributed by atoms with Crippen molar-refractivity contribution < 1.29 is 0 Å². The molecule has 2 N–H and O–H groups in total. The average molecular weight is 389 g/mol. The van der Waals surface area contributed by atoms with Gasteiger partial charge in [0.25, 0.3) is 0 Å². The van der Waals surface area contributed by atoms with Crippen molar-refractivity contribution in [3.8, 4) is 0 Å². The zero-order chi connectivity index (χ0) is 21.0. The third-order valence-electron chi connectivity index (χ3n) is 6.42. The molecule has 0 saturated carbocycles. The highest BCUT2D eigenvalue weighted by molar-refractivity contribution is 5.99. The molecule has 3 aromatic rings. The van der Waals surface area contributed by atoms with Crippen molar-refractivity contribution in [1.29, 1.82) is 0 Å². The van der Waals surface area contributed by atoms with Crippen molar-refractivity contribution in [3.63, 3.8) is 0 Å². The van der Waals surface area contributed by atoms with E-state index < -0.39 is 0 Å². The third-order valence-corrected chi connectivity index (χ3v) is 6.42. The maximum absolute atomic E-state index is 6.12. The van der Waals surface area contributed by atoms with E-state index in [0.29, 0.717) is 0 Å². The maximum Gasteiger partial charge on any atom is 0.0488 e. The molecule has 0 aliphatic heterocycles. The highest BCUT2D eigenvalue weighted by atomic mass is 15.0. The molecule has 0 amide bonds. The van der Waals surface area contributed by atoms with Crippen LogP contribution in [0, 0.1) is 20.8 Å². The van der Waals surface area contributed by atoms with Gasteiger partial charge in [-0.25, -0.2) is 0 Å². The van der Waals surface area contributed by atoms with E-state index in [0.717, 1.165) is 23.4 Å². The number of hydrogen-bond donors (Lipinski definition) is 1. The number of aryl methyl sites for hydroxylation is 1. The van der Waals surface area contributed by atoms with E-state index in [2.05, 4.69) is 69.2 Å². The van der Waals surface area contributed by atoms with Gasteiger partial charge in [0.05, 0.1) is 0 Å². The van der Waals surface area contributed by atoms with Gasteiger partial charge in [-0.3, -0.25) is 0 Å². The zero-order valence-corrected chi connectivity index (χ0v) is 18.6. The summed E-state index contributed by atoms with van der Waals surface area (Å²) in [5, 5.41) is 1.30. The van der Waals surface area contributed by atoms with Crippen molar-refractivity contribution in [3.05, 3.63) is 70.9 Å². The molecule has 29 heavy (non-hydrogen) atoms. The van der Waals surface area contributed by atoms with Crippen LogP contribution in [0.3, 0.4) is 0 Å². The molecular weight excluding hydrogens is 352 g/mol. The predicted molar refractivity (Wildman–Crippen MR) is 129 cm³/mol. The minimum absolute atomic E-state index is 0.848. The first-order valence-corrected chi connectivity index (χ1v) is 11.1. The normalized spacial score (nSPS) is 11.3. The minimum atomic E-state index is 0.848. The van der Waals surface area contributed by atoms with Crippen LogP contribution in [0.5, 0.6) is 0 Å². The largest absolute Gasteiger partial charge is 0.399 e. The molecule has 2 heteroatoms. The van der Waals surface area contributed by atoms with Gasteiger partial charge in [0, 0.05) is 34.4 Å². The summed E-state index contributed by atoms with van der Waals surface area (Å²) in [6, 6.07) is 12.9. The third kappa shape index (κ3) is 4.27. The van der Waals surface area contributed by atoms with E-state index in [-0.39, 0.29) is 0 Å². The predicted octanol–water partition coefficient (Wildman–Crippen LogP) is 7.57. The lowest BCUT2D eigenvalue weighted by Crippen LogP contribution is -2.02. The Kier molecular flexibility index (Phi) is 6.84. The molecular formula is C27H36N2. The summed E-state index contributed by atoms with van der Waals surface area (Å²) in [4.78, 5) is 0. The van der Waals surface area contributed by atoms with Crippen LogP contribution >= 0.6 is 0 Å². The van der Waals surface area contributed by atoms with Crippen LogP contribution in [-0.4, -0.2) is 4.57 Å². The van der Waals surface area contributed by atoms with Gasteiger partial charge in [-0.2, -0.15) is 0 Å². The molecule has 1 aromatic heterocycles. The summed E-state index contributed by atoms with van der Waals surface area (Å²) in [7, 11) is 0. The Morgan fingerprint density at radius 1 is 0.897 bits per heavy atom. The lowest BCUT2D eigenvalue weighted by Gasteiger charge is -2.15. The van der Waals surface area contributed by atoms with Gasteiger partial charge in [-0.15, -0.1) is 0 Å². The number of rotatable bonds is 9. The van der Waals surface area contributed by atoms with E-state index in [1.165, 1.54) is 71.8 Å². The number of nitrogens with zero attached hydrogens (tertiary/aromatic N) is 1. The first-order valence-electron chi connectivity index (χ1n) is 11.1. The first kappa shape index (κ1) is 21.2. The van der Waals surface area contributed by atoms with Crippen molar-refractivity contribution >= 4 is 22.2 Å². The number of benzene rings is 2. The number of nitrogens with two attached hydrogens (primary N) is 1. The summed E-state index contributed by atoms with van der Waals surface area (Å²) in [6.07, 6.45) is 7.90. The summed E-state index contributed by atoms with van der Waals surface area (Å²) in [5.41, 5.74) is 15.5. The first-order chi connectivity index (χ1) is 14.0. The molecule has 0 radical (unpaired) electrons. The number of aromatic nitrogens is 1. The standard InChI is InChI=1S/C27H36N2/c1-6-7-8-9-10-13-18-29-22(5)27(24-14-11-12-15-26(24)29)21(4)23-16-17-25(28)20(3)19(23)2/h11-12,14-17H,4,6-10,13,18,28H2,1-3,5H3. The number of nitrogen functional groups attached to an aromatic ring is 1. The summed E-state index contributed by atoms with van der Waals surface area (Å²) >= 11 is 0. The van der Waals surface area contributed by atoms with Gasteiger partial charge >= 0.3 is 0 Å². The van der Waals surface area contributed by atoms with Crippen molar-refractivity contribution in [2.75, 3.05) is 5.73 Å². The van der Waals surface area contributed by atoms with E-state index in [9.17, 15) is 0 Å². The minimum Gasteiger partial charge on any atom is -0.399 e. The number of para-hydroxylation sites is 1. The quantitative estimate of drug-likeness (QED) is 0.297. The topological polar surface area (TPSA) is 30.9 Å². The molecule has 2 nitrogen and oxygen atoms in total. The number of hydrogen-bond acceptors (Lipinski definition) is 1. The Morgan fingerprint density at radius 2 is 1.59 bits per heavy atom. The Bertz CT molecular complexity index is 1010. The van der Waals surface area contributed by atoms with Crippen LogP contribution in [0.1, 0.15) is 73.4 Å². The van der Waals surface area contributed by atoms with Crippen molar-refractivity contribution in [2.45, 2.75) is 72.8 Å². The molecule has 154 valence electrons. The van der Waals surface area contributed by atoms with Crippen LogP contribution < -0.4 is 5.73 Å². The Hall–Kier alpha value is -2.48. The lowest BCUT2D eigenvalue weighted by atomic mass is 9.91. The molecule has 0 spiro atoms. The second-order valence-corrected chi connectivity index (χ2v) is 8.33. The molecule has 0 fully saturated rings. The fourth-order valence-corrected chi connectivity index (χ4v) is 4.45. The maximum atomic E-state index is 6.12. The van der Waals surface area contributed by atoms with E-state index in [1.54, 1.807) is 0 Å². The van der Waals surface area contributed by atoms with Gasteiger partial charge in [0.15, 0.2) is 0 Å². The van der Waals surface area contributed by atoms with E-state index in [4.69, 9.17) is 5.73 Å². The van der Waals surface area contributed by atoms with Gasteiger partial charge in [0.2, 0.25) is 0 Å². The Balaban J connectivity index is 1.94. The Morgan fingerprint density at radius 3 is 2.34 bits per heavy atom. The van der Waals surface area contributed by atoms with Crippen LogP contribution in [0.4, 0.5) is 5.69 Å². The highest BCUT2D eigenvalue weighted by Gasteiger charge is 2.18. The molecule has 2 aromatic carbocycles. The van der Waals surface area contributed by atoms with Crippen LogP contribution in [0.15, 0.2) is 43.0 Å². The van der Waals surface area contributed by atoms with Crippen LogP contribution in [0.2, 0.25) is 0 Å². The van der Waals surface area contributed by atoms with Gasteiger partial charge in [-0.05, 0) is 61.6 Å². The number of anilines is 1. The molecule has 1 heterocycles. The summed E-state index contributed by atoms with van der Waals surface area (Å²) < 4.78 is 2.50. The molecule has 0 saturated heterocycles. The van der Waals surface area contributed by atoms with Crippen LogP contribution in [0.25, 0.3) is 16.5 Å². The number of unbranched alkanes of at least 4 members (excludes halogenated alkanes) is 5. The number of fused-ring (bicyclic) bond motifs is 1. The van der Waals surface area contributed by atoms with Gasteiger partial charge in [-0.1, -0.05) is 69.9 Å². The van der Waals surface area contributed by atoms with Crippen molar-refractivity contribution in [2.24, 2.45) is 0 Å². The average Bonchev–Trinajstić information content (AvgIpc) is 3.00. The monoisotopic (exact) mass is 388 g/mol. The summed E-state index contributed by atoms with van der Waals surface area (Å²) in [5.74, 6) is 0. The Labute approximate surface area is 176 Å². The highest BCUT2D eigenvalue weighted by Crippen LogP contribution is 2.36. The lowest BCUT2D eigenvalue weighted by molar-refractivity contribution is 0.560. The van der Waals surface area contributed by atoms with E-state index >= 15 is 0 Å². The summed E-state index contributed by atoms with van der Waals surface area (Å²) in [6.45, 7) is 14.4. The SMILES string of the molecule is C=C(c1ccc(N)c(C)c1C)c1c(C)n(CCCCCCCC)c2ccccc12. The molecule has 3 rings (SSSR count). The molecule has 0 unspecified atom stereocenters. The molecule has 0 bridgehead atoms. The fourth-order valence-electron chi connectivity index (χ4n) is 4.45. The van der Waals surface area contributed by atoms with Gasteiger partial charge < -0.3 is 10.3 Å². The molecule has 0 aliphatic rings.